The Hall–Kier alpha value is -2.88. The highest BCUT2D eigenvalue weighted by Crippen LogP contribution is 2.26. The van der Waals surface area contributed by atoms with Crippen LogP contribution in [0.1, 0.15) is 6.92 Å². The van der Waals surface area contributed by atoms with Crippen LogP contribution in [0.15, 0.2) is 66.7 Å². The second-order valence-corrected chi connectivity index (χ2v) is 5.23. The van der Waals surface area contributed by atoms with Crippen molar-refractivity contribution in [3.05, 3.63) is 72.5 Å². The number of nitrogens with one attached hydrogen (secondary N) is 1. The minimum atomic E-state index is -0.675. The molecule has 0 radical (unpaired) electrons. The number of carbonyl (C=O) groups excluding carboxylic acids is 1. The predicted molar refractivity (Wildman–Crippen MR) is 89.1 cm³/mol. The fourth-order valence-corrected chi connectivity index (χ4v) is 2.32. The van der Waals surface area contributed by atoms with E-state index in [9.17, 15) is 9.18 Å². The first-order valence-corrected chi connectivity index (χ1v) is 7.34. The lowest BCUT2D eigenvalue weighted by atomic mass is 10.1. The van der Waals surface area contributed by atoms with Crippen molar-refractivity contribution in [2.24, 2.45) is 0 Å². The van der Waals surface area contributed by atoms with E-state index < -0.39 is 6.10 Å². The van der Waals surface area contributed by atoms with Gasteiger partial charge in [-0.3, -0.25) is 4.79 Å². The van der Waals surface area contributed by atoms with Gasteiger partial charge in [-0.05, 0) is 42.6 Å². The Bertz CT molecular complexity index is 825. The number of anilines is 1. The number of benzene rings is 3. The van der Waals surface area contributed by atoms with Gasteiger partial charge in [0.1, 0.15) is 11.6 Å². The van der Waals surface area contributed by atoms with Crippen LogP contribution in [0.3, 0.4) is 0 Å². The number of amides is 1. The third-order valence-corrected chi connectivity index (χ3v) is 3.53. The van der Waals surface area contributed by atoms with Crippen LogP contribution >= 0.6 is 0 Å². The minimum Gasteiger partial charge on any atom is -0.480 e. The summed E-state index contributed by atoms with van der Waals surface area (Å²) in [5, 5.41) is 4.71. The third-order valence-electron chi connectivity index (χ3n) is 3.53. The molecule has 0 aliphatic heterocycles. The van der Waals surface area contributed by atoms with Crippen LogP contribution in [-0.2, 0) is 4.79 Å². The van der Waals surface area contributed by atoms with Crippen molar-refractivity contribution in [3.63, 3.8) is 0 Å². The molecule has 0 unspecified atom stereocenters. The van der Waals surface area contributed by atoms with Crippen molar-refractivity contribution in [1.82, 2.24) is 0 Å². The van der Waals surface area contributed by atoms with Crippen LogP contribution in [0, 0.1) is 5.82 Å². The first-order chi connectivity index (χ1) is 11.1. The summed E-state index contributed by atoms with van der Waals surface area (Å²) in [6, 6.07) is 19.2. The molecule has 0 aliphatic rings. The van der Waals surface area contributed by atoms with E-state index in [0.717, 1.165) is 10.8 Å². The van der Waals surface area contributed by atoms with Gasteiger partial charge >= 0.3 is 0 Å². The first kappa shape index (κ1) is 15.0. The molecular formula is C19H16FNO2. The molecule has 0 bridgehead atoms. The van der Waals surface area contributed by atoms with Crippen molar-refractivity contribution >= 4 is 22.4 Å². The van der Waals surface area contributed by atoms with E-state index in [0.29, 0.717) is 11.4 Å². The SMILES string of the molecule is C[C@H](Oc1cccc2ccccc12)C(=O)Nc1ccc(F)cc1. The van der Waals surface area contributed by atoms with E-state index in [-0.39, 0.29) is 11.7 Å². The summed E-state index contributed by atoms with van der Waals surface area (Å²) in [4.78, 5) is 12.2. The third kappa shape index (κ3) is 3.48. The maximum atomic E-state index is 12.9. The molecule has 23 heavy (non-hydrogen) atoms. The van der Waals surface area contributed by atoms with Gasteiger partial charge in [-0.2, -0.15) is 0 Å². The molecule has 3 rings (SSSR count). The topological polar surface area (TPSA) is 38.3 Å². The predicted octanol–water partition coefficient (Wildman–Crippen LogP) is 4.38. The molecule has 0 aliphatic carbocycles. The zero-order valence-corrected chi connectivity index (χ0v) is 12.6. The van der Waals surface area contributed by atoms with E-state index in [1.165, 1.54) is 24.3 Å². The lowest BCUT2D eigenvalue weighted by Crippen LogP contribution is -2.30. The van der Waals surface area contributed by atoms with Crippen molar-refractivity contribution in [3.8, 4) is 5.75 Å². The number of rotatable bonds is 4. The minimum absolute atomic E-state index is 0.287. The van der Waals surface area contributed by atoms with E-state index in [4.69, 9.17) is 4.74 Å². The summed E-state index contributed by atoms with van der Waals surface area (Å²) in [6.45, 7) is 1.68. The molecule has 0 saturated carbocycles. The summed E-state index contributed by atoms with van der Waals surface area (Å²) in [5.41, 5.74) is 0.532. The average Bonchev–Trinajstić information content (AvgIpc) is 2.57. The van der Waals surface area contributed by atoms with Gasteiger partial charge in [-0.25, -0.2) is 4.39 Å². The van der Waals surface area contributed by atoms with E-state index >= 15 is 0 Å². The second-order valence-electron chi connectivity index (χ2n) is 5.23. The summed E-state index contributed by atoms with van der Waals surface area (Å²) in [5.74, 6) is 0.0254. The van der Waals surface area contributed by atoms with Gasteiger partial charge < -0.3 is 10.1 Å². The average molecular weight is 309 g/mol. The van der Waals surface area contributed by atoms with Crippen LogP contribution in [0.5, 0.6) is 5.75 Å². The molecule has 3 aromatic rings. The Kier molecular flexibility index (Phi) is 4.24. The van der Waals surface area contributed by atoms with Crippen LogP contribution in [0.4, 0.5) is 10.1 Å². The number of halogens is 1. The van der Waals surface area contributed by atoms with Gasteiger partial charge in [0.05, 0.1) is 0 Å². The molecule has 1 atom stereocenters. The maximum absolute atomic E-state index is 12.9. The molecule has 1 amide bonds. The molecule has 4 heteroatoms. The lowest BCUT2D eigenvalue weighted by molar-refractivity contribution is -0.122. The molecule has 0 fully saturated rings. The van der Waals surface area contributed by atoms with Gasteiger partial charge in [0.2, 0.25) is 0 Å². The monoisotopic (exact) mass is 309 g/mol. The van der Waals surface area contributed by atoms with Gasteiger partial charge in [-0.15, -0.1) is 0 Å². The van der Waals surface area contributed by atoms with Gasteiger partial charge in [0.15, 0.2) is 6.10 Å². The molecule has 0 heterocycles. The quantitative estimate of drug-likeness (QED) is 0.776. The lowest BCUT2D eigenvalue weighted by Gasteiger charge is -2.16. The van der Waals surface area contributed by atoms with Crippen molar-refractivity contribution in [2.45, 2.75) is 13.0 Å². The summed E-state index contributed by atoms with van der Waals surface area (Å²) >= 11 is 0. The van der Waals surface area contributed by atoms with Crippen molar-refractivity contribution in [1.29, 1.82) is 0 Å². The van der Waals surface area contributed by atoms with Crippen molar-refractivity contribution in [2.75, 3.05) is 5.32 Å². The highest BCUT2D eigenvalue weighted by molar-refractivity contribution is 5.95. The van der Waals surface area contributed by atoms with Gasteiger partial charge in [0, 0.05) is 11.1 Å². The zero-order valence-electron chi connectivity index (χ0n) is 12.6. The van der Waals surface area contributed by atoms with Crippen molar-refractivity contribution < 1.29 is 13.9 Å². The molecule has 0 saturated heterocycles. The second kappa shape index (κ2) is 6.48. The van der Waals surface area contributed by atoms with E-state index in [1.807, 2.05) is 42.5 Å². The Morgan fingerprint density at radius 2 is 1.70 bits per heavy atom. The number of ether oxygens (including phenoxy) is 1. The number of hydrogen-bond acceptors (Lipinski definition) is 2. The molecular weight excluding hydrogens is 293 g/mol. The number of carbonyl (C=O) groups is 1. The molecule has 0 aromatic heterocycles. The highest BCUT2D eigenvalue weighted by atomic mass is 19.1. The first-order valence-electron chi connectivity index (χ1n) is 7.34. The van der Waals surface area contributed by atoms with Crippen LogP contribution in [0.2, 0.25) is 0 Å². The molecule has 1 N–H and O–H groups in total. The van der Waals surface area contributed by atoms with Gasteiger partial charge in [-0.1, -0.05) is 36.4 Å². The maximum Gasteiger partial charge on any atom is 0.265 e. The number of fused-ring (bicyclic) bond motifs is 1. The fourth-order valence-electron chi connectivity index (χ4n) is 2.32. The zero-order chi connectivity index (χ0) is 16.2. The summed E-state index contributed by atoms with van der Waals surface area (Å²) in [6.07, 6.45) is -0.675. The Labute approximate surface area is 133 Å². The molecule has 3 aromatic carbocycles. The Morgan fingerprint density at radius 3 is 2.48 bits per heavy atom. The summed E-state index contributed by atoms with van der Waals surface area (Å²) in [7, 11) is 0. The largest absolute Gasteiger partial charge is 0.480 e. The fraction of sp³-hybridized carbons (Fsp3) is 0.105. The molecule has 3 nitrogen and oxygen atoms in total. The van der Waals surface area contributed by atoms with Crippen LogP contribution < -0.4 is 10.1 Å². The standard InChI is InChI=1S/C19H16FNO2/c1-13(19(22)21-16-11-9-15(20)10-12-16)23-18-8-4-6-14-5-2-3-7-17(14)18/h2-13H,1H3,(H,21,22)/t13-/m0/s1. The normalized spacial score (nSPS) is 11.9. The Morgan fingerprint density at radius 1 is 1.00 bits per heavy atom. The van der Waals surface area contributed by atoms with Crippen LogP contribution in [-0.4, -0.2) is 12.0 Å². The Balaban J connectivity index is 1.73. The van der Waals surface area contributed by atoms with Gasteiger partial charge in [0.25, 0.3) is 5.91 Å². The highest BCUT2D eigenvalue weighted by Gasteiger charge is 2.16. The smallest absolute Gasteiger partial charge is 0.265 e. The van der Waals surface area contributed by atoms with Crippen LogP contribution in [0.25, 0.3) is 10.8 Å². The van der Waals surface area contributed by atoms with E-state index in [2.05, 4.69) is 5.32 Å². The molecule has 116 valence electrons. The van der Waals surface area contributed by atoms with E-state index in [1.54, 1.807) is 6.92 Å². The summed E-state index contributed by atoms with van der Waals surface area (Å²) < 4.78 is 18.7. The molecule has 0 spiro atoms. The number of hydrogen-bond donors (Lipinski definition) is 1.